The highest BCUT2D eigenvalue weighted by Gasteiger charge is 2.23. The van der Waals surface area contributed by atoms with Crippen LogP contribution >= 0.6 is 24.8 Å². The summed E-state index contributed by atoms with van der Waals surface area (Å²) >= 11 is 0. The summed E-state index contributed by atoms with van der Waals surface area (Å²) in [4.78, 5) is 3.93. The van der Waals surface area contributed by atoms with Crippen molar-refractivity contribution in [3.63, 3.8) is 0 Å². The minimum atomic E-state index is 0. The summed E-state index contributed by atoms with van der Waals surface area (Å²) in [6.45, 7) is 0. The zero-order valence-electron chi connectivity index (χ0n) is 6.56. The van der Waals surface area contributed by atoms with Crippen LogP contribution in [0.1, 0.15) is 24.3 Å². The highest BCUT2D eigenvalue weighted by molar-refractivity contribution is 5.85. The lowest BCUT2D eigenvalue weighted by Gasteiger charge is -1.96. The Balaban J connectivity index is 0.000000605. The molecular formula is C8H12Cl2N2. The molecule has 0 saturated heterocycles. The second kappa shape index (κ2) is 4.53. The maximum Gasteiger partial charge on any atom is 0.123 e. The molecule has 0 unspecified atom stereocenters. The monoisotopic (exact) mass is 206 g/mol. The third kappa shape index (κ3) is 2.54. The number of hydrogen-bond acceptors (Lipinski definition) is 2. The molecule has 2 nitrogen and oxygen atoms in total. The van der Waals surface area contributed by atoms with Crippen LogP contribution in [0.3, 0.4) is 0 Å². The van der Waals surface area contributed by atoms with Crippen LogP contribution in [0.5, 0.6) is 0 Å². The van der Waals surface area contributed by atoms with Gasteiger partial charge in [-0.1, -0.05) is 0 Å². The van der Waals surface area contributed by atoms with Gasteiger partial charge in [-0.3, -0.25) is 0 Å². The molecule has 1 saturated carbocycles. The Kier molecular flexibility index (Phi) is 4.35. The Morgan fingerprint density at radius 2 is 2.00 bits per heavy atom. The van der Waals surface area contributed by atoms with Gasteiger partial charge in [-0.2, -0.15) is 0 Å². The number of hydrogen-bond donors (Lipinski definition) is 1. The lowest BCUT2D eigenvalue weighted by atomic mass is 10.2. The van der Waals surface area contributed by atoms with Crippen LogP contribution in [0.4, 0.5) is 5.82 Å². The first kappa shape index (κ1) is 11.5. The molecule has 0 bridgehead atoms. The van der Waals surface area contributed by atoms with Gasteiger partial charge in [0.05, 0.1) is 0 Å². The van der Waals surface area contributed by atoms with Crippen LogP contribution in [0.15, 0.2) is 18.3 Å². The molecule has 1 aliphatic rings. The van der Waals surface area contributed by atoms with Crippen LogP contribution in [-0.4, -0.2) is 4.98 Å². The normalized spacial score (nSPS) is 14.3. The average molecular weight is 207 g/mol. The second-order valence-corrected chi connectivity index (χ2v) is 2.79. The van der Waals surface area contributed by atoms with Crippen LogP contribution < -0.4 is 5.73 Å². The molecule has 1 fully saturated rings. The van der Waals surface area contributed by atoms with Crippen molar-refractivity contribution in [3.8, 4) is 0 Å². The van der Waals surface area contributed by atoms with Gasteiger partial charge in [0, 0.05) is 6.20 Å². The zero-order valence-corrected chi connectivity index (χ0v) is 8.20. The van der Waals surface area contributed by atoms with Crippen LogP contribution in [0.2, 0.25) is 0 Å². The Hall–Kier alpha value is -0.470. The lowest BCUT2D eigenvalue weighted by Crippen LogP contribution is -1.90. The summed E-state index contributed by atoms with van der Waals surface area (Å²) in [6, 6.07) is 4.02. The number of anilines is 1. The number of nitrogens with two attached hydrogens (primary N) is 1. The van der Waals surface area contributed by atoms with Crippen molar-refractivity contribution in [2.75, 3.05) is 5.73 Å². The molecule has 2 N–H and O–H groups in total. The third-order valence-corrected chi connectivity index (χ3v) is 1.85. The highest BCUT2D eigenvalue weighted by atomic mass is 35.5. The average Bonchev–Trinajstić information content (AvgIpc) is 2.68. The van der Waals surface area contributed by atoms with E-state index >= 15 is 0 Å². The zero-order chi connectivity index (χ0) is 6.97. The molecule has 1 heterocycles. The van der Waals surface area contributed by atoms with Crippen molar-refractivity contribution >= 4 is 30.6 Å². The summed E-state index contributed by atoms with van der Waals surface area (Å²) in [6.07, 6.45) is 4.43. The van der Waals surface area contributed by atoms with Crippen molar-refractivity contribution in [3.05, 3.63) is 23.9 Å². The molecule has 4 heteroatoms. The van der Waals surface area contributed by atoms with E-state index in [4.69, 9.17) is 5.73 Å². The molecule has 0 aromatic carbocycles. The molecule has 0 aliphatic heterocycles. The summed E-state index contributed by atoms with van der Waals surface area (Å²) < 4.78 is 0. The predicted octanol–water partition coefficient (Wildman–Crippen LogP) is 2.38. The van der Waals surface area contributed by atoms with E-state index in [1.54, 1.807) is 6.20 Å². The fourth-order valence-electron chi connectivity index (χ4n) is 1.14. The molecule has 1 aromatic heterocycles. The number of rotatable bonds is 1. The van der Waals surface area contributed by atoms with Gasteiger partial charge >= 0.3 is 0 Å². The van der Waals surface area contributed by atoms with E-state index in [0.717, 1.165) is 5.92 Å². The van der Waals surface area contributed by atoms with Crippen LogP contribution in [0, 0.1) is 0 Å². The molecule has 0 amide bonds. The van der Waals surface area contributed by atoms with Crippen molar-refractivity contribution in [1.29, 1.82) is 0 Å². The van der Waals surface area contributed by atoms with Gasteiger partial charge in [-0.05, 0) is 36.5 Å². The Morgan fingerprint density at radius 1 is 1.33 bits per heavy atom. The van der Waals surface area contributed by atoms with Gasteiger partial charge in [-0.15, -0.1) is 24.8 Å². The minimum Gasteiger partial charge on any atom is -0.384 e. The summed E-state index contributed by atoms with van der Waals surface area (Å²) in [5, 5.41) is 0. The first-order valence-electron chi connectivity index (χ1n) is 3.58. The van der Waals surface area contributed by atoms with Crippen molar-refractivity contribution in [1.82, 2.24) is 4.98 Å². The van der Waals surface area contributed by atoms with Gasteiger partial charge < -0.3 is 5.73 Å². The molecular weight excluding hydrogens is 195 g/mol. The Bertz CT molecular complexity index is 249. The molecule has 0 spiro atoms. The number of pyridine rings is 1. The van der Waals surface area contributed by atoms with Gasteiger partial charge in [0.25, 0.3) is 0 Å². The van der Waals surface area contributed by atoms with Gasteiger partial charge in [0.15, 0.2) is 0 Å². The quantitative estimate of drug-likeness (QED) is 0.767. The van der Waals surface area contributed by atoms with E-state index in [1.807, 2.05) is 12.1 Å². The van der Waals surface area contributed by atoms with Crippen molar-refractivity contribution < 1.29 is 0 Å². The number of aromatic nitrogens is 1. The largest absolute Gasteiger partial charge is 0.384 e. The van der Waals surface area contributed by atoms with E-state index in [1.165, 1.54) is 18.4 Å². The van der Waals surface area contributed by atoms with E-state index < -0.39 is 0 Å². The van der Waals surface area contributed by atoms with E-state index in [-0.39, 0.29) is 24.8 Å². The fourth-order valence-corrected chi connectivity index (χ4v) is 1.14. The first-order valence-corrected chi connectivity index (χ1v) is 3.58. The molecule has 0 radical (unpaired) electrons. The summed E-state index contributed by atoms with van der Waals surface area (Å²) in [5.41, 5.74) is 6.87. The number of nitrogen functional groups attached to an aromatic ring is 1. The van der Waals surface area contributed by atoms with Gasteiger partial charge in [-0.25, -0.2) is 4.98 Å². The molecule has 0 atom stereocenters. The lowest BCUT2D eigenvalue weighted by molar-refractivity contribution is 1.11. The molecule has 1 aliphatic carbocycles. The second-order valence-electron chi connectivity index (χ2n) is 2.79. The fraction of sp³-hybridized carbons (Fsp3) is 0.375. The molecule has 2 rings (SSSR count). The van der Waals surface area contributed by atoms with Crippen LogP contribution in [-0.2, 0) is 0 Å². The van der Waals surface area contributed by atoms with Gasteiger partial charge in [0.1, 0.15) is 5.82 Å². The minimum absolute atomic E-state index is 0. The predicted molar refractivity (Wildman–Crippen MR) is 55.1 cm³/mol. The SMILES string of the molecule is Cl.Cl.Nc1cc(C2CC2)ccn1. The van der Waals surface area contributed by atoms with E-state index in [0.29, 0.717) is 5.82 Å². The van der Waals surface area contributed by atoms with E-state index in [9.17, 15) is 0 Å². The Morgan fingerprint density at radius 3 is 2.50 bits per heavy atom. The third-order valence-electron chi connectivity index (χ3n) is 1.85. The number of halogens is 2. The molecule has 12 heavy (non-hydrogen) atoms. The van der Waals surface area contributed by atoms with Gasteiger partial charge in [0.2, 0.25) is 0 Å². The highest BCUT2D eigenvalue weighted by Crippen LogP contribution is 2.39. The van der Waals surface area contributed by atoms with E-state index in [2.05, 4.69) is 4.98 Å². The standard InChI is InChI=1S/C8H10N2.2ClH/c9-8-5-7(3-4-10-8)6-1-2-6;;/h3-6H,1-2H2,(H2,9,10);2*1H. The maximum atomic E-state index is 5.51. The van der Waals surface area contributed by atoms with Crippen molar-refractivity contribution in [2.24, 2.45) is 0 Å². The molecule has 68 valence electrons. The smallest absolute Gasteiger partial charge is 0.123 e. The topological polar surface area (TPSA) is 38.9 Å². The molecule has 1 aromatic rings. The number of nitrogens with zero attached hydrogens (tertiary/aromatic N) is 1. The first-order chi connectivity index (χ1) is 4.86. The maximum absolute atomic E-state index is 5.51. The van der Waals surface area contributed by atoms with Crippen LogP contribution in [0.25, 0.3) is 0 Å². The Labute approximate surface area is 84.4 Å². The summed E-state index contributed by atoms with van der Waals surface area (Å²) in [7, 11) is 0. The van der Waals surface area contributed by atoms with Crippen molar-refractivity contribution in [2.45, 2.75) is 18.8 Å². The summed E-state index contributed by atoms with van der Waals surface area (Å²) in [5.74, 6) is 1.43.